The quantitative estimate of drug-likeness (QED) is 0.840. The van der Waals surface area contributed by atoms with Gasteiger partial charge in [0.05, 0.1) is 10.4 Å². The van der Waals surface area contributed by atoms with Crippen LogP contribution in [0.4, 0.5) is 0 Å². The first-order valence-corrected chi connectivity index (χ1v) is 4.53. The van der Waals surface area contributed by atoms with Crippen LogP contribution in [-0.2, 0) is 4.79 Å². The Kier molecular flexibility index (Phi) is 2.93. The molecule has 0 radical (unpaired) electrons. The summed E-state index contributed by atoms with van der Waals surface area (Å²) in [6.07, 6.45) is 0. The maximum Gasteiger partial charge on any atom is 0.310 e. The lowest BCUT2D eigenvalue weighted by Crippen LogP contribution is -2.07. The van der Waals surface area contributed by atoms with Gasteiger partial charge in [0.2, 0.25) is 0 Å². The summed E-state index contributed by atoms with van der Waals surface area (Å²) in [5.41, 5.74) is 0.576. The summed E-state index contributed by atoms with van der Waals surface area (Å²) in [7, 11) is 0. The molecule has 0 aliphatic carbocycles. The van der Waals surface area contributed by atoms with E-state index in [2.05, 4.69) is 15.9 Å². The van der Waals surface area contributed by atoms with Crippen molar-refractivity contribution in [3.63, 3.8) is 0 Å². The lowest BCUT2D eigenvalue weighted by Gasteiger charge is -2.09. The molecule has 1 aromatic rings. The summed E-state index contributed by atoms with van der Waals surface area (Å²) in [5.74, 6) is -1.47. The smallest absolute Gasteiger partial charge is 0.310 e. The van der Waals surface area contributed by atoms with Gasteiger partial charge in [-0.05, 0) is 34.5 Å². The molecular formula is C9H9BrO3. The first-order chi connectivity index (χ1) is 6.04. The normalized spacial score (nSPS) is 12.5. The summed E-state index contributed by atoms with van der Waals surface area (Å²) >= 11 is 3.14. The van der Waals surface area contributed by atoms with Gasteiger partial charge < -0.3 is 10.2 Å². The third kappa shape index (κ3) is 2.01. The molecule has 4 heteroatoms. The van der Waals surface area contributed by atoms with Crippen LogP contribution in [0.25, 0.3) is 0 Å². The summed E-state index contributed by atoms with van der Waals surface area (Å²) in [6.45, 7) is 1.57. The van der Waals surface area contributed by atoms with Crippen LogP contribution in [0.2, 0.25) is 0 Å². The zero-order chi connectivity index (χ0) is 10.0. The largest absolute Gasteiger partial charge is 0.507 e. The zero-order valence-electron chi connectivity index (χ0n) is 6.99. The van der Waals surface area contributed by atoms with Gasteiger partial charge in [0.1, 0.15) is 5.75 Å². The fraction of sp³-hybridized carbons (Fsp3) is 0.222. The van der Waals surface area contributed by atoms with Crippen molar-refractivity contribution in [3.8, 4) is 5.75 Å². The molecular weight excluding hydrogens is 236 g/mol. The van der Waals surface area contributed by atoms with E-state index < -0.39 is 11.9 Å². The lowest BCUT2D eigenvalue weighted by molar-refractivity contribution is -0.138. The van der Waals surface area contributed by atoms with E-state index in [9.17, 15) is 9.90 Å². The maximum atomic E-state index is 10.7. The number of benzene rings is 1. The van der Waals surface area contributed by atoms with E-state index in [-0.39, 0.29) is 5.75 Å². The fourth-order valence-electron chi connectivity index (χ4n) is 1.00. The molecule has 2 N–H and O–H groups in total. The Hall–Kier alpha value is -1.03. The molecule has 0 aromatic heterocycles. The van der Waals surface area contributed by atoms with E-state index in [0.717, 1.165) is 0 Å². The molecule has 3 nitrogen and oxygen atoms in total. The molecule has 13 heavy (non-hydrogen) atoms. The van der Waals surface area contributed by atoms with Crippen LogP contribution in [0.1, 0.15) is 18.4 Å². The summed E-state index contributed by atoms with van der Waals surface area (Å²) < 4.78 is 0.449. The molecule has 1 atom stereocenters. The molecule has 0 aliphatic rings. The number of hydrogen-bond acceptors (Lipinski definition) is 2. The number of carboxylic acids is 1. The number of halogens is 1. The van der Waals surface area contributed by atoms with E-state index in [1.54, 1.807) is 19.1 Å². The minimum Gasteiger partial charge on any atom is -0.507 e. The molecule has 0 amide bonds. The van der Waals surface area contributed by atoms with Gasteiger partial charge in [0.25, 0.3) is 0 Å². The highest BCUT2D eigenvalue weighted by atomic mass is 79.9. The molecule has 0 heterocycles. The van der Waals surface area contributed by atoms with E-state index >= 15 is 0 Å². The van der Waals surface area contributed by atoms with E-state index in [1.807, 2.05) is 0 Å². The second-order valence-electron chi connectivity index (χ2n) is 2.74. The van der Waals surface area contributed by atoms with Crippen LogP contribution in [0.5, 0.6) is 5.75 Å². The van der Waals surface area contributed by atoms with Crippen LogP contribution in [0.3, 0.4) is 0 Å². The Bertz CT molecular complexity index is 336. The van der Waals surface area contributed by atoms with Crippen molar-refractivity contribution in [2.24, 2.45) is 0 Å². The van der Waals surface area contributed by atoms with Gasteiger partial charge in [-0.2, -0.15) is 0 Å². The second-order valence-corrected chi connectivity index (χ2v) is 3.53. The molecule has 70 valence electrons. The van der Waals surface area contributed by atoms with Crippen LogP contribution < -0.4 is 0 Å². The first-order valence-electron chi connectivity index (χ1n) is 3.74. The molecule has 0 aliphatic heterocycles. The second kappa shape index (κ2) is 3.79. The number of phenolic OH excluding ortho intramolecular Hbond substituents is 1. The average molecular weight is 245 g/mol. The standard InChI is InChI=1S/C9H9BrO3/c1-5(9(12)13)6-3-2-4-7(11)8(6)10/h2-5,11H,1H3,(H,12,13). The van der Waals surface area contributed by atoms with Gasteiger partial charge in [-0.25, -0.2) is 0 Å². The third-order valence-corrected chi connectivity index (χ3v) is 2.71. The Morgan fingerprint density at radius 3 is 2.69 bits per heavy atom. The summed E-state index contributed by atoms with van der Waals surface area (Å²) in [5, 5.41) is 18.0. The van der Waals surface area contributed by atoms with Crippen molar-refractivity contribution in [1.29, 1.82) is 0 Å². The van der Waals surface area contributed by atoms with Crippen molar-refractivity contribution >= 4 is 21.9 Å². The number of carboxylic acid groups (broad SMARTS) is 1. The summed E-state index contributed by atoms with van der Waals surface area (Å²) in [4.78, 5) is 10.7. The van der Waals surface area contributed by atoms with Gasteiger partial charge in [0.15, 0.2) is 0 Å². The molecule has 1 rings (SSSR count). The Labute approximate surface area is 84.1 Å². The van der Waals surface area contributed by atoms with E-state index in [0.29, 0.717) is 10.0 Å². The molecule has 1 unspecified atom stereocenters. The molecule has 0 saturated heterocycles. The molecule has 1 aromatic carbocycles. The number of hydrogen-bond donors (Lipinski definition) is 2. The van der Waals surface area contributed by atoms with Crippen LogP contribution in [0.15, 0.2) is 22.7 Å². The number of rotatable bonds is 2. The fourth-order valence-corrected chi connectivity index (χ4v) is 1.61. The van der Waals surface area contributed by atoms with Gasteiger partial charge in [-0.15, -0.1) is 0 Å². The maximum absolute atomic E-state index is 10.7. The average Bonchev–Trinajstić information content (AvgIpc) is 2.08. The Morgan fingerprint density at radius 1 is 1.54 bits per heavy atom. The van der Waals surface area contributed by atoms with Crippen molar-refractivity contribution < 1.29 is 15.0 Å². The Balaban J connectivity index is 3.15. The predicted molar refractivity (Wildman–Crippen MR) is 51.9 cm³/mol. The van der Waals surface area contributed by atoms with Crippen molar-refractivity contribution in [3.05, 3.63) is 28.2 Å². The SMILES string of the molecule is CC(C(=O)O)c1cccc(O)c1Br. The van der Waals surface area contributed by atoms with E-state index in [4.69, 9.17) is 5.11 Å². The molecule has 0 spiro atoms. The number of aliphatic carboxylic acids is 1. The highest BCUT2D eigenvalue weighted by molar-refractivity contribution is 9.10. The van der Waals surface area contributed by atoms with Gasteiger partial charge in [-0.1, -0.05) is 12.1 Å². The zero-order valence-corrected chi connectivity index (χ0v) is 8.58. The topological polar surface area (TPSA) is 57.5 Å². The van der Waals surface area contributed by atoms with E-state index in [1.165, 1.54) is 6.07 Å². The minimum absolute atomic E-state index is 0.0607. The van der Waals surface area contributed by atoms with Gasteiger partial charge in [-0.3, -0.25) is 4.79 Å². The van der Waals surface area contributed by atoms with Crippen LogP contribution in [0, 0.1) is 0 Å². The number of phenols is 1. The van der Waals surface area contributed by atoms with Crippen LogP contribution in [-0.4, -0.2) is 16.2 Å². The van der Waals surface area contributed by atoms with Crippen molar-refractivity contribution in [2.75, 3.05) is 0 Å². The Morgan fingerprint density at radius 2 is 2.15 bits per heavy atom. The highest BCUT2D eigenvalue weighted by Crippen LogP contribution is 2.32. The van der Waals surface area contributed by atoms with Crippen molar-refractivity contribution in [2.45, 2.75) is 12.8 Å². The summed E-state index contributed by atoms with van der Waals surface area (Å²) in [6, 6.07) is 4.79. The number of carbonyl (C=O) groups is 1. The first kappa shape index (κ1) is 10.1. The van der Waals surface area contributed by atoms with Gasteiger partial charge in [0, 0.05) is 0 Å². The highest BCUT2D eigenvalue weighted by Gasteiger charge is 2.17. The lowest BCUT2D eigenvalue weighted by atomic mass is 10.0. The molecule has 0 fully saturated rings. The predicted octanol–water partition coefficient (Wildman–Crippen LogP) is 2.34. The van der Waals surface area contributed by atoms with Crippen molar-refractivity contribution in [1.82, 2.24) is 0 Å². The minimum atomic E-state index is -0.911. The van der Waals surface area contributed by atoms with Crippen LogP contribution >= 0.6 is 15.9 Å². The molecule has 0 saturated carbocycles. The monoisotopic (exact) mass is 244 g/mol. The third-order valence-electron chi connectivity index (χ3n) is 1.85. The number of aromatic hydroxyl groups is 1. The molecule has 0 bridgehead atoms. The van der Waals surface area contributed by atoms with Gasteiger partial charge >= 0.3 is 5.97 Å².